The molecule has 0 saturated heterocycles. The Kier molecular flexibility index (Phi) is 13.9. The molecule has 0 bridgehead atoms. The lowest BCUT2D eigenvalue weighted by Crippen LogP contribution is -2.11. The average Bonchev–Trinajstić information content (AvgIpc) is 2.02. The van der Waals surface area contributed by atoms with Crippen LogP contribution in [0.2, 0.25) is 0 Å². The second-order valence-corrected chi connectivity index (χ2v) is 1.85. The molecule has 70 valence electrons. The highest BCUT2D eigenvalue weighted by molar-refractivity contribution is 5.64. The van der Waals surface area contributed by atoms with Crippen molar-refractivity contribution in [2.24, 2.45) is 11.5 Å². The smallest absolute Gasteiger partial charge is 0.404 e. The molecule has 1 amide bonds. The molecule has 0 aromatic rings. The van der Waals surface area contributed by atoms with Crippen LogP contribution in [0.25, 0.3) is 0 Å². The van der Waals surface area contributed by atoms with Gasteiger partial charge in [-0.3, -0.25) is 0 Å². The Morgan fingerprint density at radius 2 is 2.25 bits per heavy atom. The molecular weight excluding hydrogens is 156 g/mol. The maximum Gasteiger partial charge on any atom is 0.404 e. The van der Waals surface area contributed by atoms with Crippen molar-refractivity contribution >= 4 is 6.09 Å². The number of amides is 1. The van der Waals surface area contributed by atoms with Crippen molar-refractivity contribution in [1.82, 2.24) is 0 Å². The minimum Gasteiger partial charge on any atom is -0.450 e. The van der Waals surface area contributed by atoms with E-state index in [1.54, 1.807) is 6.92 Å². The summed E-state index contributed by atoms with van der Waals surface area (Å²) in [5.41, 5.74) is 9.66. The van der Waals surface area contributed by atoms with E-state index in [0.717, 1.165) is 12.8 Å². The van der Waals surface area contributed by atoms with Gasteiger partial charge in [0.05, 0.1) is 6.61 Å². The molecule has 0 atom stereocenters. The third-order valence-corrected chi connectivity index (χ3v) is 0.812. The van der Waals surface area contributed by atoms with Crippen molar-refractivity contribution in [3.63, 3.8) is 0 Å². The van der Waals surface area contributed by atoms with E-state index in [-0.39, 0.29) is 0 Å². The third kappa shape index (κ3) is 23.2. The van der Waals surface area contributed by atoms with E-state index in [4.69, 9.17) is 12.2 Å². The van der Waals surface area contributed by atoms with Crippen LogP contribution in [-0.2, 0) is 4.74 Å². The van der Waals surface area contributed by atoms with Gasteiger partial charge in [0.25, 0.3) is 0 Å². The molecule has 0 rings (SSSR count). The fraction of sp³-hybridized carbons (Fsp3) is 0.625. The van der Waals surface area contributed by atoms with Crippen LogP contribution >= 0.6 is 0 Å². The summed E-state index contributed by atoms with van der Waals surface area (Å²) in [6.45, 7) is 2.77. The van der Waals surface area contributed by atoms with Crippen molar-refractivity contribution in [3.8, 4) is 12.3 Å². The predicted molar refractivity (Wildman–Crippen MR) is 48.3 cm³/mol. The van der Waals surface area contributed by atoms with Crippen LogP contribution in [0, 0.1) is 12.3 Å². The lowest BCUT2D eigenvalue weighted by Gasteiger charge is -1.89. The molecule has 0 aromatic heterocycles. The highest BCUT2D eigenvalue weighted by Gasteiger charge is 1.82. The van der Waals surface area contributed by atoms with Gasteiger partial charge in [-0.25, -0.2) is 4.79 Å². The van der Waals surface area contributed by atoms with Gasteiger partial charge in [-0.2, -0.15) is 0 Å². The number of ether oxygens (including phenoxy) is 1. The molecule has 0 fully saturated rings. The van der Waals surface area contributed by atoms with Gasteiger partial charge in [-0.1, -0.05) is 0 Å². The van der Waals surface area contributed by atoms with Gasteiger partial charge in [0.15, 0.2) is 0 Å². The molecular formula is C8H16N2O2. The number of primary amides is 1. The molecule has 4 N–H and O–H groups in total. The number of carbonyl (C=O) groups excluding carboxylic acids is 1. The number of unbranched alkanes of at least 4 members (excludes halogenated alkanes) is 1. The first-order valence-corrected chi connectivity index (χ1v) is 3.74. The predicted octanol–water partition coefficient (Wildman–Crippen LogP) is 0.460. The molecule has 0 spiro atoms. The number of terminal acetylenes is 1. The molecule has 12 heavy (non-hydrogen) atoms. The van der Waals surface area contributed by atoms with E-state index < -0.39 is 6.09 Å². The van der Waals surface area contributed by atoms with E-state index in [0.29, 0.717) is 13.2 Å². The molecule has 0 aromatic carbocycles. The minimum absolute atomic E-state index is 0.356. The van der Waals surface area contributed by atoms with Crippen LogP contribution in [-0.4, -0.2) is 19.2 Å². The summed E-state index contributed by atoms with van der Waals surface area (Å²) in [7, 11) is 0. The van der Waals surface area contributed by atoms with Gasteiger partial charge in [0, 0.05) is 6.42 Å². The van der Waals surface area contributed by atoms with Crippen molar-refractivity contribution < 1.29 is 9.53 Å². The number of carbonyl (C=O) groups is 1. The number of hydrogen-bond acceptors (Lipinski definition) is 3. The van der Waals surface area contributed by atoms with E-state index in [2.05, 4.69) is 16.4 Å². The molecule has 0 aliphatic heterocycles. The lowest BCUT2D eigenvalue weighted by molar-refractivity contribution is 0.163. The van der Waals surface area contributed by atoms with Gasteiger partial charge >= 0.3 is 6.09 Å². The molecule has 0 aliphatic rings. The first kappa shape index (κ1) is 13.4. The minimum atomic E-state index is -0.711. The van der Waals surface area contributed by atoms with Gasteiger partial charge in [-0.05, 0) is 19.9 Å². The largest absolute Gasteiger partial charge is 0.450 e. The van der Waals surface area contributed by atoms with Crippen molar-refractivity contribution in [3.05, 3.63) is 0 Å². The fourth-order valence-corrected chi connectivity index (χ4v) is 0.346. The number of rotatable bonds is 3. The Bertz CT molecular complexity index is 140. The van der Waals surface area contributed by atoms with Crippen LogP contribution in [0.1, 0.15) is 19.8 Å². The monoisotopic (exact) mass is 172 g/mol. The highest BCUT2D eigenvalue weighted by atomic mass is 16.5. The summed E-state index contributed by atoms with van der Waals surface area (Å²) in [6, 6.07) is 0. The van der Waals surface area contributed by atoms with Crippen LogP contribution in [0.15, 0.2) is 0 Å². The van der Waals surface area contributed by atoms with Gasteiger partial charge in [0.1, 0.15) is 0 Å². The topological polar surface area (TPSA) is 78.3 Å². The Morgan fingerprint density at radius 3 is 2.33 bits per heavy atom. The second-order valence-electron chi connectivity index (χ2n) is 1.85. The Labute approximate surface area is 73.3 Å². The summed E-state index contributed by atoms with van der Waals surface area (Å²) in [5, 5.41) is 0. The number of hydrogen-bond donors (Lipinski definition) is 2. The van der Waals surface area contributed by atoms with E-state index in [9.17, 15) is 4.79 Å². The van der Waals surface area contributed by atoms with Crippen LogP contribution < -0.4 is 11.5 Å². The molecule has 0 heterocycles. The average molecular weight is 172 g/mol. The van der Waals surface area contributed by atoms with Gasteiger partial charge < -0.3 is 16.2 Å². The zero-order chi connectivity index (χ0) is 9.82. The van der Waals surface area contributed by atoms with Gasteiger partial charge in [-0.15, -0.1) is 12.3 Å². The summed E-state index contributed by atoms with van der Waals surface area (Å²) in [4.78, 5) is 9.60. The van der Waals surface area contributed by atoms with Crippen molar-refractivity contribution in [2.75, 3.05) is 13.2 Å². The maximum absolute atomic E-state index is 9.60. The van der Waals surface area contributed by atoms with Crippen LogP contribution in [0.3, 0.4) is 0 Å². The Hall–Kier alpha value is -1.21. The molecule has 0 saturated carbocycles. The molecule has 0 unspecified atom stereocenters. The zero-order valence-electron chi connectivity index (χ0n) is 7.38. The molecule has 4 nitrogen and oxygen atoms in total. The Morgan fingerprint density at radius 1 is 1.67 bits per heavy atom. The van der Waals surface area contributed by atoms with E-state index in [1.165, 1.54) is 0 Å². The highest BCUT2D eigenvalue weighted by Crippen LogP contribution is 1.77. The second kappa shape index (κ2) is 12.5. The first-order chi connectivity index (χ1) is 5.68. The fourth-order valence-electron chi connectivity index (χ4n) is 0.346. The number of nitrogens with two attached hydrogens (primary N) is 2. The summed E-state index contributed by atoms with van der Waals surface area (Å²) in [6.07, 6.45) is 5.97. The first-order valence-electron chi connectivity index (χ1n) is 3.74. The van der Waals surface area contributed by atoms with E-state index >= 15 is 0 Å². The van der Waals surface area contributed by atoms with Crippen LogP contribution in [0.5, 0.6) is 0 Å². The molecule has 4 heteroatoms. The molecule has 0 radical (unpaired) electrons. The lowest BCUT2D eigenvalue weighted by atomic mass is 10.3. The quantitative estimate of drug-likeness (QED) is 0.479. The summed E-state index contributed by atoms with van der Waals surface area (Å²) < 4.78 is 4.18. The Balaban J connectivity index is 0. The van der Waals surface area contributed by atoms with Crippen molar-refractivity contribution in [1.29, 1.82) is 0 Å². The van der Waals surface area contributed by atoms with E-state index in [1.807, 2.05) is 0 Å². The van der Waals surface area contributed by atoms with Crippen molar-refractivity contribution in [2.45, 2.75) is 19.8 Å². The zero-order valence-corrected chi connectivity index (χ0v) is 7.38. The molecule has 0 aliphatic carbocycles. The SMILES string of the molecule is C#CCCCN.CCOC(N)=O. The maximum atomic E-state index is 9.60. The van der Waals surface area contributed by atoms with Gasteiger partial charge in [0.2, 0.25) is 0 Å². The summed E-state index contributed by atoms with van der Waals surface area (Å²) >= 11 is 0. The normalized spacial score (nSPS) is 7.42. The summed E-state index contributed by atoms with van der Waals surface area (Å²) in [5.74, 6) is 2.49. The standard InChI is InChI=1S/C5H9N.C3H7NO2/c1-2-3-4-5-6;1-2-6-3(4)5/h1H,3-6H2;2H2,1H3,(H2,4,5). The van der Waals surface area contributed by atoms with Crippen LogP contribution in [0.4, 0.5) is 4.79 Å². The third-order valence-electron chi connectivity index (χ3n) is 0.812.